The molecule has 0 nitrogen and oxygen atoms in total. The fourth-order valence-electron chi connectivity index (χ4n) is 0. The van der Waals surface area contributed by atoms with Gasteiger partial charge in [0.2, 0.25) is 0 Å². The topological polar surface area (TPSA) is 0 Å². The molecular weight excluding hydrogens is 190 g/mol. The summed E-state index contributed by atoms with van der Waals surface area (Å²) in [4.78, 5) is 0. The molecular formula is H3Cl2SiZr. The van der Waals surface area contributed by atoms with Crippen LogP contribution in [0, 0.1) is 0 Å². The summed E-state index contributed by atoms with van der Waals surface area (Å²) in [6.07, 6.45) is 0. The van der Waals surface area contributed by atoms with Crippen LogP contribution in [0.3, 0.4) is 0 Å². The molecule has 0 spiro atoms. The molecule has 0 bridgehead atoms. The molecule has 0 atom stereocenters. The van der Waals surface area contributed by atoms with Gasteiger partial charge in [0.1, 0.15) is 0 Å². The van der Waals surface area contributed by atoms with Crippen LogP contribution in [-0.2, 0) is 18.5 Å². The number of halogens is 2. The molecule has 0 rings (SSSR count). The normalized spacial score (nSPS) is 7.50. The Morgan fingerprint density at radius 2 is 1.50 bits per heavy atom. The van der Waals surface area contributed by atoms with Crippen molar-refractivity contribution < 1.29 is 18.5 Å². The van der Waals surface area contributed by atoms with Crippen LogP contribution in [0.5, 0.6) is 0 Å². The Hall–Kier alpha value is 1.68. The Labute approximate surface area is 42.6 Å². The molecule has 0 amide bonds. The van der Waals surface area contributed by atoms with Crippen molar-refractivity contribution in [3.05, 3.63) is 0 Å². The first-order valence-electron chi connectivity index (χ1n) is 0.878. The van der Waals surface area contributed by atoms with Crippen molar-refractivity contribution in [2.45, 2.75) is 0 Å². The van der Waals surface area contributed by atoms with Gasteiger partial charge in [-0.1, -0.05) is 0 Å². The fraction of sp³-hybridized carbons (Fsp3) is 0. The van der Waals surface area contributed by atoms with E-state index in [2.05, 4.69) is 0 Å². The van der Waals surface area contributed by atoms with E-state index in [9.17, 15) is 0 Å². The van der Waals surface area contributed by atoms with E-state index in [4.69, 9.17) is 17.0 Å². The summed E-state index contributed by atoms with van der Waals surface area (Å²) in [5.41, 5.74) is 0. The van der Waals surface area contributed by atoms with Gasteiger partial charge in [-0.3, -0.25) is 0 Å². The third-order valence-corrected chi connectivity index (χ3v) is 0. The van der Waals surface area contributed by atoms with Crippen LogP contribution < -0.4 is 0 Å². The first kappa shape index (κ1) is 5.68. The van der Waals surface area contributed by atoms with Gasteiger partial charge in [0.25, 0.3) is 0 Å². The van der Waals surface area contributed by atoms with Gasteiger partial charge in [-0.05, 0) is 0 Å². The monoisotopic (exact) mass is 191 g/mol. The van der Waals surface area contributed by atoms with Gasteiger partial charge >= 0.3 is 42.9 Å². The maximum atomic E-state index is 5.30. The Morgan fingerprint density at radius 3 is 1.50 bits per heavy atom. The van der Waals surface area contributed by atoms with E-state index in [-0.39, 0.29) is 0 Å². The Bertz CT molecular complexity index is 10.8. The molecule has 0 unspecified atom stereocenters. The van der Waals surface area contributed by atoms with Crippen molar-refractivity contribution in [3.8, 4) is 0 Å². The van der Waals surface area contributed by atoms with Crippen LogP contribution in [0.25, 0.3) is 0 Å². The minimum atomic E-state index is -1.46. The molecule has 25 valence electrons. The quantitative estimate of drug-likeness (QED) is 0.482. The molecule has 0 aromatic heterocycles. The van der Waals surface area contributed by atoms with Gasteiger partial charge in [0.15, 0.2) is 0 Å². The van der Waals surface area contributed by atoms with Gasteiger partial charge in [-0.2, -0.15) is 0 Å². The van der Waals surface area contributed by atoms with E-state index in [1.807, 2.05) is 0 Å². The zero-order chi connectivity index (χ0) is 3.58. The molecule has 4 heavy (non-hydrogen) atoms. The number of hydrogen-bond donors (Lipinski definition) is 0. The first-order valence-corrected chi connectivity index (χ1v) is 15.6. The minimum absolute atomic E-state index is 1.08. The van der Waals surface area contributed by atoms with Crippen molar-refractivity contribution in [1.82, 2.24) is 0 Å². The van der Waals surface area contributed by atoms with Crippen LogP contribution in [0.15, 0.2) is 0 Å². The molecule has 0 aliphatic carbocycles. The molecule has 0 aliphatic heterocycles. The summed E-state index contributed by atoms with van der Waals surface area (Å²) in [7, 11) is 11.7. The Balaban J connectivity index is 2.32. The Kier molecular flexibility index (Phi) is 4.11. The van der Waals surface area contributed by atoms with Crippen LogP contribution in [0.1, 0.15) is 0 Å². The van der Waals surface area contributed by atoms with Gasteiger partial charge in [0, 0.05) is 0 Å². The van der Waals surface area contributed by atoms with E-state index in [0.29, 0.717) is 0 Å². The van der Waals surface area contributed by atoms with Crippen molar-refractivity contribution in [3.63, 3.8) is 0 Å². The van der Waals surface area contributed by atoms with Crippen LogP contribution in [0.2, 0.25) is 0 Å². The van der Waals surface area contributed by atoms with Crippen LogP contribution in [0.4, 0.5) is 0 Å². The molecule has 0 aromatic rings. The average molecular weight is 193 g/mol. The molecule has 0 radical (unpaired) electrons. The zero-order valence-electron chi connectivity index (χ0n) is 2.26. The molecule has 0 saturated carbocycles. The second-order valence-corrected chi connectivity index (χ2v) is 23.9. The molecule has 0 saturated heterocycles. The molecule has 0 N–H and O–H groups in total. The summed E-state index contributed by atoms with van der Waals surface area (Å²) in [5.74, 6) is 0. The van der Waals surface area contributed by atoms with Crippen molar-refractivity contribution in [2.75, 3.05) is 0 Å². The van der Waals surface area contributed by atoms with Crippen molar-refractivity contribution in [1.29, 1.82) is 0 Å². The van der Waals surface area contributed by atoms with Gasteiger partial charge in [0.05, 0.1) is 0 Å². The predicted molar refractivity (Wildman–Crippen MR) is 21.6 cm³/mol. The summed E-state index contributed by atoms with van der Waals surface area (Å²) in [6.45, 7) is 0. The maximum absolute atomic E-state index is 5.30. The zero-order valence-corrected chi connectivity index (χ0v) is 8.23. The first-order chi connectivity index (χ1) is 1.73. The van der Waals surface area contributed by atoms with Crippen molar-refractivity contribution >= 4 is 24.4 Å². The summed E-state index contributed by atoms with van der Waals surface area (Å²) in [5, 5.41) is 0. The molecule has 0 aromatic carbocycles. The standard InChI is InChI=1S/2ClH.H3Si.Zr/h2*1H;1H3;/q;;;+2/p-2. The molecule has 4 heteroatoms. The third kappa shape index (κ3) is 9.36. The van der Waals surface area contributed by atoms with Crippen molar-refractivity contribution in [2.24, 2.45) is 0 Å². The summed E-state index contributed by atoms with van der Waals surface area (Å²) >= 11 is -1.46. The third-order valence-electron chi connectivity index (χ3n) is 0. The average Bonchev–Trinajstić information content (AvgIpc) is 0.811. The molecule has 0 fully saturated rings. The SMILES string of the molecule is [SiH3][Zr]([Cl])[Cl]. The van der Waals surface area contributed by atoms with Crippen LogP contribution >= 0.6 is 17.0 Å². The second-order valence-electron chi connectivity index (χ2n) is 0.449. The van der Waals surface area contributed by atoms with E-state index in [1.54, 1.807) is 0 Å². The summed E-state index contributed by atoms with van der Waals surface area (Å²) in [6, 6.07) is 0. The Morgan fingerprint density at radius 1 is 1.50 bits per heavy atom. The number of hydrogen-bond acceptors (Lipinski definition) is 0. The van der Waals surface area contributed by atoms with E-state index >= 15 is 0 Å². The van der Waals surface area contributed by atoms with Gasteiger partial charge < -0.3 is 0 Å². The number of rotatable bonds is 0. The van der Waals surface area contributed by atoms with E-state index < -0.39 is 18.5 Å². The second kappa shape index (κ2) is 2.89. The van der Waals surface area contributed by atoms with Gasteiger partial charge in [-0.25, -0.2) is 0 Å². The van der Waals surface area contributed by atoms with Crippen LogP contribution in [-0.4, -0.2) is 7.37 Å². The molecule has 0 aliphatic rings. The van der Waals surface area contributed by atoms with Gasteiger partial charge in [-0.15, -0.1) is 0 Å². The summed E-state index contributed by atoms with van der Waals surface area (Å²) < 4.78 is 0. The van der Waals surface area contributed by atoms with E-state index in [1.165, 1.54) is 0 Å². The molecule has 0 heterocycles. The predicted octanol–water partition coefficient (Wildman–Crippen LogP) is 0.193. The fourth-order valence-corrected chi connectivity index (χ4v) is 0. The van der Waals surface area contributed by atoms with E-state index in [0.717, 1.165) is 7.37 Å².